The van der Waals surface area contributed by atoms with Crippen LogP contribution in [0.1, 0.15) is 34.0 Å². The van der Waals surface area contributed by atoms with Gasteiger partial charge in [-0.1, -0.05) is 30.3 Å². The topological polar surface area (TPSA) is 75.7 Å². The summed E-state index contributed by atoms with van der Waals surface area (Å²) in [6.45, 7) is 5.27. The molecule has 0 bridgehead atoms. The fourth-order valence-corrected chi connectivity index (χ4v) is 5.20. The van der Waals surface area contributed by atoms with Crippen LogP contribution >= 0.6 is 0 Å². The van der Waals surface area contributed by atoms with Crippen LogP contribution < -0.4 is 9.46 Å². The fourth-order valence-electron chi connectivity index (χ4n) is 3.87. The molecule has 32 heavy (non-hydrogen) atoms. The molecule has 0 saturated carbocycles. The normalized spacial score (nSPS) is 13.4. The van der Waals surface area contributed by atoms with Gasteiger partial charge < -0.3 is 9.64 Å². The number of ether oxygens (including phenoxy) is 1. The van der Waals surface area contributed by atoms with Gasteiger partial charge >= 0.3 is 0 Å². The highest BCUT2D eigenvalue weighted by Gasteiger charge is 2.24. The number of fused-ring (bicyclic) bond motifs is 1. The van der Waals surface area contributed by atoms with Crippen molar-refractivity contribution in [3.05, 3.63) is 89.0 Å². The molecule has 3 aromatic rings. The van der Waals surface area contributed by atoms with Crippen LogP contribution in [0.15, 0.2) is 71.6 Å². The van der Waals surface area contributed by atoms with E-state index in [1.807, 2.05) is 25.1 Å². The first-order valence-corrected chi connectivity index (χ1v) is 12.1. The second kappa shape index (κ2) is 9.04. The lowest BCUT2D eigenvalue weighted by atomic mass is 9.99. The SMILES string of the molecule is CCOc1ccc(NS(=O)(=O)c2cc(C(=O)N3CCc4ccccc4C3)ccc2C)cc1. The predicted octanol–water partition coefficient (Wildman–Crippen LogP) is 4.39. The van der Waals surface area contributed by atoms with Gasteiger partial charge in [-0.25, -0.2) is 8.42 Å². The molecule has 0 aromatic heterocycles. The van der Waals surface area contributed by atoms with Crippen molar-refractivity contribution in [2.24, 2.45) is 0 Å². The largest absolute Gasteiger partial charge is 0.494 e. The lowest BCUT2D eigenvalue weighted by Gasteiger charge is -2.29. The molecule has 0 aliphatic carbocycles. The predicted molar refractivity (Wildman–Crippen MR) is 124 cm³/mol. The lowest BCUT2D eigenvalue weighted by Crippen LogP contribution is -2.36. The molecule has 7 heteroatoms. The molecule has 1 amide bonds. The molecule has 0 saturated heterocycles. The molecule has 6 nitrogen and oxygen atoms in total. The Morgan fingerprint density at radius 2 is 1.75 bits per heavy atom. The number of carbonyl (C=O) groups is 1. The number of nitrogens with zero attached hydrogens (tertiary/aromatic N) is 1. The van der Waals surface area contributed by atoms with E-state index in [0.29, 0.717) is 42.3 Å². The highest BCUT2D eigenvalue weighted by molar-refractivity contribution is 7.92. The third-order valence-corrected chi connectivity index (χ3v) is 7.08. The first-order valence-electron chi connectivity index (χ1n) is 10.6. The van der Waals surface area contributed by atoms with Gasteiger partial charge in [0.05, 0.1) is 11.5 Å². The van der Waals surface area contributed by atoms with Crippen LogP contribution in [-0.4, -0.2) is 32.4 Å². The average Bonchev–Trinajstić information content (AvgIpc) is 2.80. The van der Waals surface area contributed by atoms with E-state index in [1.54, 1.807) is 48.2 Å². The summed E-state index contributed by atoms with van der Waals surface area (Å²) in [5.41, 5.74) is 3.75. The second-order valence-corrected chi connectivity index (χ2v) is 9.44. The minimum Gasteiger partial charge on any atom is -0.494 e. The van der Waals surface area contributed by atoms with Gasteiger partial charge in [-0.2, -0.15) is 0 Å². The molecule has 3 aromatic carbocycles. The minimum atomic E-state index is -3.87. The van der Waals surface area contributed by atoms with Crippen molar-refractivity contribution in [1.82, 2.24) is 4.90 Å². The van der Waals surface area contributed by atoms with Crippen LogP contribution in [0.25, 0.3) is 0 Å². The summed E-state index contributed by atoms with van der Waals surface area (Å²) in [4.78, 5) is 15.0. The molecule has 1 aliphatic heterocycles. The van der Waals surface area contributed by atoms with Crippen molar-refractivity contribution in [2.75, 3.05) is 17.9 Å². The number of amides is 1. The number of hydrogen-bond acceptors (Lipinski definition) is 4. The molecule has 0 radical (unpaired) electrons. The molecule has 0 fully saturated rings. The van der Waals surface area contributed by atoms with Gasteiger partial charge in [-0.15, -0.1) is 0 Å². The van der Waals surface area contributed by atoms with Crippen molar-refractivity contribution in [3.8, 4) is 5.75 Å². The highest BCUT2D eigenvalue weighted by atomic mass is 32.2. The zero-order valence-corrected chi connectivity index (χ0v) is 19.0. The number of aryl methyl sites for hydroxylation is 1. The Kier molecular flexibility index (Phi) is 6.19. The van der Waals surface area contributed by atoms with Crippen LogP contribution in [0.4, 0.5) is 5.69 Å². The number of rotatable bonds is 6. The van der Waals surface area contributed by atoms with Crippen molar-refractivity contribution in [2.45, 2.75) is 31.7 Å². The Balaban J connectivity index is 1.56. The lowest BCUT2D eigenvalue weighted by molar-refractivity contribution is 0.0734. The quantitative estimate of drug-likeness (QED) is 0.604. The van der Waals surface area contributed by atoms with Crippen molar-refractivity contribution in [3.63, 3.8) is 0 Å². The Hall–Kier alpha value is -3.32. The third-order valence-electron chi connectivity index (χ3n) is 5.56. The summed E-state index contributed by atoms with van der Waals surface area (Å²) in [6, 6.07) is 19.6. The van der Waals surface area contributed by atoms with Gasteiger partial charge in [0.15, 0.2) is 0 Å². The first kappa shape index (κ1) is 21.9. The van der Waals surface area contributed by atoms with Crippen LogP contribution in [0, 0.1) is 6.92 Å². The number of hydrogen-bond donors (Lipinski definition) is 1. The summed E-state index contributed by atoms with van der Waals surface area (Å²) in [5, 5.41) is 0. The average molecular weight is 451 g/mol. The summed E-state index contributed by atoms with van der Waals surface area (Å²) < 4.78 is 34.2. The van der Waals surface area contributed by atoms with Gasteiger partial charge in [0.2, 0.25) is 0 Å². The number of benzene rings is 3. The Bertz CT molecular complexity index is 1240. The van der Waals surface area contributed by atoms with Gasteiger partial charge in [-0.05, 0) is 73.4 Å². The van der Waals surface area contributed by atoms with E-state index in [0.717, 1.165) is 12.0 Å². The first-order chi connectivity index (χ1) is 15.4. The second-order valence-electron chi connectivity index (χ2n) is 7.79. The van der Waals surface area contributed by atoms with Crippen molar-refractivity contribution < 1.29 is 17.9 Å². The Morgan fingerprint density at radius 1 is 1.03 bits per heavy atom. The maximum Gasteiger partial charge on any atom is 0.262 e. The van der Waals surface area contributed by atoms with E-state index in [-0.39, 0.29) is 10.8 Å². The monoisotopic (exact) mass is 450 g/mol. The number of carbonyl (C=O) groups excluding carboxylic acids is 1. The van der Waals surface area contributed by atoms with Crippen LogP contribution in [-0.2, 0) is 23.0 Å². The van der Waals surface area contributed by atoms with E-state index in [4.69, 9.17) is 4.74 Å². The Morgan fingerprint density at radius 3 is 2.47 bits per heavy atom. The molecule has 0 unspecified atom stereocenters. The van der Waals surface area contributed by atoms with Crippen molar-refractivity contribution in [1.29, 1.82) is 0 Å². The molecular formula is C25H26N2O4S. The molecular weight excluding hydrogens is 424 g/mol. The molecule has 0 atom stereocenters. The van der Waals surface area contributed by atoms with E-state index in [2.05, 4.69) is 10.8 Å². The van der Waals surface area contributed by atoms with Gasteiger partial charge in [0.1, 0.15) is 5.75 Å². The Labute approximate surface area is 188 Å². The van der Waals surface area contributed by atoms with E-state index >= 15 is 0 Å². The van der Waals surface area contributed by atoms with E-state index < -0.39 is 10.0 Å². The molecule has 0 spiro atoms. The zero-order valence-electron chi connectivity index (χ0n) is 18.2. The highest BCUT2D eigenvalue weighted by Crippen LogP contribution is 2.25. The summed E-state index contributed by atoms with van der Waals surface area (Å²) in [7, 11) is -3.87. The molecule has 1 heterocycles. The van der Waals surface area contributed by atoms with Gasteiger partial charge in [0.25, 0.3) is 15.9 Å². The number of anilines is 1. The van der Waals surface area contributed by atoms with Crippen LogP contribution in [0.5, 0.6) is 5.75 Å². The van der Waals surface area contributed by atoms with Crippen LogP contribution in [0.3, 0.4) is 0 Å². The zero-order chi connectivity index (χ0) is 22.7. The maximum absolute atomic E-state index is 13.2. The number of nitrogens with one attached hydrogen (secondary N) is 1. The van der Waals surface area contributed by atoms with Gasteiger partial charge in [0, 0.05) is 24.3 Å². The third kappa shape index (κ3) is 4.62. The summed E-state index contributed by atoms with van der Waals surface area (Å²) >= 11 is 0. The minimum absolute atomic E-state index is 0.0923. The maximum atomic E-state index is 13.2. The summed E-state index contributed by atoms with van der Waals surface area (Å²) in [6.07, 6.45) is 0.790. The molecule has 1 N–H and O–H groups in total. The van der Waals surface area contributed by atoms with Crippen LogP contribution in [0.2, 0.25) is 0 Å². The molecule has 4 rings (SSSR count). The summed E-state index contributed by atoms with van der Waals surface area (Å²) in [5.74, 6) is 0.499. The number of sulfonamides is 1. The smallest absolute Gasteiger partial charge is 0.262 e. The fraction of sp³-hybridized carbons (Fsp3) is 0.240. The van der Waals surface area contributed by atoms with Gasteiger partial charge in [-0.3, -0.25) is 9.52 Å². The van der Waals surface area contributed by atoms with E-state index in [9.17, 15) is 13.2 Å². The molecule has 166 valence electrons. The molecule has 1 aliphatic rings. The standard InChI is InChI=1S/C25H26N2O4S/c1-3-31-23-12-10-22(11-13-23)26-32(29,30)24-16-20(9-8-18(24)2)25(28)27-15-14-19-6-4-5-7-21(19)17-27/h4-13,16,26H,3,14-15,17H2,1-2H3. The van der Waals surface area contributed by atoms with Crippen molar-refractivity contribution >= 4 is 21.6 Å². The van der Waals surface area contributed by atoms with E-state index in [1.165, 1.54) is 11.6 Å².